The zero-order chi connectivity index (χ0) is 10.0. The summed E-state index contributed by atoms with van der Waals surface area (Å²) in [4.78, 5) is 0. The van der Waals surface area contributed by atoms with E-state index in [9.17, 15) is 5.11 Å². The molecule has 0 radical (unpaired) electrons. The van der Waals surface area contributed by atoms with Crippen LogP contribution in [0, 0.1) is 11.3 Å². The fourth-order valence-electron chi connectivity index (χ4n) is 2.16. The number of nitriles is 1. The third kappa shape index (κ3) is 1.66. The molecule has 1 aromatic rings. The topological polar surface area (TPSA) is 49.0 Å². The van der Waals surface area contributed by atoms with Crippen molar-refractivity contribution < 1.29 is 5.11 Å². The molecule has 1 saturated carbocycles. The van der Waals surface area contributed by atoms with Crippen LogP contribution in [0.4, 0.5) is 0 Å². The van der Waals surface area contributed by atoms with Crippen LogP contribution >= 0.6 is 0 Å². The van der Waals surface area contributed by atoms with E-state index in [0.29, 0.717) is 12.2 Å². The fraction of sp³-hybridized carbons (Fsp3) is 0.545. The predicted octanol–water partition coefficient (Wildman–Crippen LogP) is 1.66. The quantitative estimate of drug-likeness (QED) is 0.771. The van der Waals surface area contributed by atoms with E-state index in [1.165, 1.54) is 0 Å². The minimum absolute atomic E-state index is 0.558. The first kappa shape index (κ1) is 9.29. The van der Waals surface area contributed by atoms with Gasteiger partial charge in [0.1, 0.15) is 11.8 Å². The second kappa shape index (κ2) is 3.47. The second-order valence-electron chi connectivity index (χ2n) is 4.06. The molecule has 0 bridgehead atoms. The van der Waals surface area contributed by atoms with Gasteiger partial charge in [-0.1, -0.05) is 12.8 Å². The third-order valence-corrected chi connectivity index (χ3v) is 2.94. The number of hydrogen-bond acceptors (Lipinski definition) is 2. The molecule has 0 aliphatic heterocycles. The normalized spacial score (nSPS) is 19.4. The molecule has 3 nitrogen and oxygen atoms in total. The summed E-state index contributed by atoms with van der Waals surface area (Å²) < 4.78 is 1.84. The lowest BCUT2D eigenvalue weighted by molar-refractivity contribution is 0.0298. The first-order valence-electron chi connectivity index (χ1n) is 5.01. The molecule has 1 aliphatic rings. The van der Waals surface area contributed by atoms with E-state index >= 15 is 0 Å². The van der Waals surface area contributed by atoms with Crippen LogP contribution in [-0.2, 0) is 6.54 Å². The molecule has 3 heteroatoms. The predicted molar refractivity (Wildman–Crippen MR) is 52.6 cm³/mol. The summed E-state index contributed by atoms with van der Waals surface area (Å²) in [6, 6.07) is 5.74. The zero-order valence-corrected chi connectivity index (χ0v) is 8.11. The van der Waals surface area contributed by atoms with Gasteiger partial charge < -0.3 is 9.67 Å². The van der Waals surface area contributed by atoms with Crippen molar-refractivity contribution in [2.75, 3.05) is 0 Å². The van der Waals surface area contributed by atoms with Crippen LogP contribution < -0.4 is 0 Å². The molecular weight excluding hydrogens is 176 g/mol. The Balaban J connectivity index is 2.14. The highest BCUT2D eigenvalue weighted by molar-refractivity contribution is 5.22. The van der Waals surface area contributed by atoms with Gasteiger partial charge in [0.25, 0.3) is 0 Å². The molecule has 2 rings (SSSR count). The summed E-state index contributed by atoms with van der Waals surface area (Å²) in [5.74, 6) is 0. The van der Waals surface area contributed by atoms with Crippen LogP contribution in [0.15, 0.2) is 18.3 Å². The van der Waals surface area contributed by atoms with E-state index < -0.39 is 5.60 Å². The minimum Gasteiger partial charge on any atom is -0.388 e. The van der Waals surface area contributed by atoms with Gasteiger partial charge in [0.15, 0.2) is 0 Å². The second-order valence-corrected chi connectivity index (χ2v) is 4.06. The van der Waals surface area contributed by atoms with E-state index in [4.69, 9.17) is 5.26 Å². The highest BCUT2D eigenvalue weighted by atomic mass is 16.3. The lowest BCUT2D eigenvalue weighted by Gasteiger charge is -2.23. The van der Waals surface area contributed by atoms with Crippen LogP contribution in [-0.4, -0.2) is 15.3 Å². The molecular formula is C11H14N2O. The molecule has 14 heavy (non-hydrogen) atoms. The Morgan fingerprint density at radius 1 is 1.50 bits per heavy atom. The largest absolute Gasteiger partial charge is 0.388 e. The molecule has 0 atom stereocenters. The van der Waals surface area contributed by atoms with E-state index in [1.807, 2.05) is 16.8 Å². The zero-order valence-electron chi connectivity index (χ0n) is 8.11. The molecule has 0 saturated heterocycles. The maximum absolute atomic E-state index is 10.2. The van der Waals surface area contributed by atoms with Crippen molar-refractivity contribution in [3.63, 3.8) is 0 Å². The first-order chi connectivity index (χ1) is 6.73. The van der Waals surface area contributed by atoms with Gasteiger partial charge in [-0.3, -0.25) is 0 Å². The number of nitrogens with zero attached hydrogens (tertiary/aromatic N) is 2. The van der Waals surface area contributed by atoms with E-state index in [1.54, 1.807) is 6.07 Å². The van der Waals surface area contributed by atoms with Gasteiger partial charge in [0, 0.05) is 6.20 Å². The summed E-state index contributed by atoms with van der Waals surface area (Å²) in [5.41, 5.74) is 0.0512. The molecule has 0 spiro atoms. The van der Waals surface area contributed by atoms with Gasteiger partial charge in [0.05, 0.1) is 12.1 Å². The summed E-state index contributed by atoms with van der Waals surface area (Å²) >= 11 is 0. The van der Waals surface area contributed by atoms with Gasteiger partial charge in [0.2, 0.25) is 0 Å². The fourth-order valence-corrected chi connectivity index (χ4v) is 2.16. The molecule has 1 aliphatic carbocycles. The molecule has 0 aromatic carbocycles. The van der Waals surface area contributed by atoms with Crippen molar-refractivity contribution in [2.45, 2.75) is 37.8 Å². The SMILES string of the molecule is N#Cc1cccn1CC1(O)CCCC1. The van der Waals surface area contributed by atoms with Gasteiger partial charge in [-0.05, 0) is 25.0 Å². The number of aromatic nitrogens is 1. The molecule has 1 N–H and O–H groups in total. The summed E-state index contributed by atoms with van der Waals surface area (Å²) in [5, 5.41) is 19.0. The maximum Gasteiger partial charge on any atom is 0.120 e. The lowest BCUT2D eigenvalue weighted by Crippen LogP contribution is -2.30. The molecule has 1 fully saturated rings. The number of aliphatic hydroxyl groups is 1. The van der Waals surface area contributed by atoms with Crippen molar-refractivity contribution in [3.8, 4) is 6.07 Å². The molecule has 1 aromatic heterocycles. The molecule has 1 heterocycles. The van der Waals surface area contributed by atoms with Crippen LogP contribution in [0.3, 0.4) is 0 Å². The summed E-state index contributed by atoms with van der Waals surface area (Å²) in [6.07, 6.45) is 5.76. The Morgan fingerprint density at radius 2 is 2.21 bits per heavy atom. The van der Waals surface area contributed by atoms with Gasteiger partial charge in [-0.25, -0.2) is 0 Å². The standard InChI is InChI=1S/C11H14N2O/c12-8-10-4-3-7-13(10)9-11(14)5-1-2-6-11/h3-4,7,14H,1-2,5-6,9H2. The average molecular weight is 190 g/mol. The Bertz CT molecular complexity index is 356. The third-order valence-electron chi connectivity index (χ3n) is 2.94. The Morgan fingerprint density at radius 3 is 2.86 bits per heavy atom. The van der Waals surface area contributed by atoms with Gasteiger partial charge >= 0.3 is 0 Å². The van der Waals surface area contributed by atoms with Gasteiger partial charge in [-0.15, -0.1) is 0 Å². The van der Waals surface area contributed by atoms with Crippen LogP contribution in [0.1, 0.15) is 31.4 Å². The van der Waals surface area contributed by atoms with E-state index in [0.717, 1.165) is 25.7 Å². The van der Waals surface area contributed by atoms with Crippen molar-refractivity contribution in [1.29, 1.82) is 5.26 Å². The van der Waals surface area contributed by atoms with E-state index in [-0.39, 0.29) is 0 Å². The highest BCUT2D eigenvalue weighted by Gasteiger charge is 2.31. The lowest BCUT2D eigenvalue weighted by atomic mass is 10.0. The molecule has 74 valence electrons. The van der Waals surface area contributed by atoms with Crippen molar-refractivity contribution in [2.24, 2.45) is 0 Å². The average Bonchev–Trinajstić information content (AvgIpc) is 2.75. The maximum atomic E-state index is 10.2. The Hall–Kier alpha value is -1.27. The van der Waals surface area contributed by atoms with E-state index in [2.05, 4.69) is 6.07 Å². The van der Waals surface area contributed by atoms with Crippen LogP contribution in [0.25, 0.3) is 0 Å². The summed E-state index contributed by atoms with van der Waals surface area (Å²) in [6.45, 7) is 0.558. The smallest absolute Gasteiger partial charge is 0.120 e. The van der Waals surface area contributed by atoms with Crippen molar-refractivity contribution >= 4 is 0 Å². The van der Waals surface area contributed by atoms with Gasteiger partial charge in [-0.2, -0.15) is 5.26 Å². The number of hydrogen-bond donors (Lipinski definition) is 1. The highest BCUT2D eigenvalue weighted by Crippen LogP contribution is 2.31. The Kier molecular flexibility index (Phi) is 2.30. The van der Waals surface area contributed by atoms with Crippen molar-refractivity contribution in [3.05, 3.63) is 24.0 Å². The summed E-state index contributed by atoms with van der Waals surface area (Å²) in [7, 11) is 0. The monoisotopic (exact) mass is 190 g/mol. The first-order valence-corrected chi connectivity index (χ1v) is 5.01. The number of rotatable bonds is 2. The molecule has 0 amide bonds. The minimum atomic E-state index is -0.579. The van der Waals surface area contributed by atoms with Crippen LogP contribution in [0.2, 0.25) is 0 Å². The van der Waals surface area contributed by atoms with Crippen LogP contribution in [0.5, 0.6) is 0 Å². The molecule has 0 unspecified atom stereocenters. The van der Waals surface area contributed by atoms with Crippen molar-refractivity contribution in [1.82, 2.24) is 4.57 Å². The Labute approximate surface area is 83.6 Å².